The molecule has 0 saturated heterocycles. The van der Waals surface area contributed by atoms with E-state index in [9.17, 15) is 0 Å². The highest BCUT2D eigenvalue weighted by molar-refractivity contribution is 5.99. The molecule has 9 aromatic rings. The van der Waals surface area contributed by atoms with Crippen LogP contribution in [0.1, 0.15) is 25.0 Å². The summed E-state index contributed by atoms with van der Waals surface area (Å²) in [5.74, 6) is 0. The Balaban J connectivity index is 1.08. The molecule has 1 aliphatic rings. The van der Waals surface area contributed by atoms with Gasteiger partial charge in [-0.3, -0.25) is 4.40 Å². The van der Waals surface area contributed by atoms with Gasteiger partial charge in [0.05, 0.1) is 22.4 Å². The van der Waals surface area contributed by atoms with Crippen LogP contribution in [0, 0.1) is 0 Å². The van der Waals surface area contributed by atoms with Crippen LogP contribution in [0.25, 0.3) is 38.6 Å². The molecule has 0 bridgehead atoms. The second kappa shape index (κ2) is 11.7. The Morgan fingerprint density at radius 3 is 1.92 bits per heavy atom. The van der Waals surface area contributed by atoms with E-state index in [2.05, 4.69) is 210 Å². The standard InChI is InChI=1S/C48H36N4/c1-48(2)41-19-11-12-20-44(41)52(39-26-27-43-46(32-39)50-30-29-34-13-9-10-18-40(34)47(50)49-43)45-28-23-35(31-42(45)48)33-21-24-38(25-22-33)51(36-14-5-3-6-15-36)37-16-7-4-8-17-37/h3-32H,1-2H3. The van der Waals surface area contributed by atoms with Crippen molar-refractivity contribution in [1.29, 1.82) is 0 Å². The maximum atomic E-state index is 5.08. The number of para-hydroxylation sites is 3. The molecule has 0 spiro atoms. The van der Waals surface area contributed by atoms with E-state index in [1.165, 1.54) is 39.0 Å². The third kappa shape index (κ3) is 4.72. The van der Waals surface area contributed by atoms with Crippen molar-refractivity contribution >= 4 is 61.6 Å². The lowest BCUT2D eigenvalue weighted by atomic mass is 9.73. The first-order valence-electron chi connectivity index (χ1n) is 17.9. The molecule has 4 nitrogen and oxygen atoms in total. The van der Waals surface area contributed by atoms with Crippen LogP contribution < -0.4 is 9.80 Å². The topological polar surface area (TPSA) is 23.8 Å². The van der Waals surface area contributed by atoms with Crippen molar-refractivity contribution in [2.24, 2.45) is 0 Å². The Kier molecular flexibility index (Phi) is 6.80. The number of imidazole rings is 1. The number of anilines is 6. The Bertz CT molecular complexity index is 2720. The minimum atomic E-state index is -0.206. The highest BCUT2D eigenvalue weighted by atomic mass is 15.2. The molecule has 10 rings (SSSR count). The first-order chi connectivity index (χ1) is 25.5. The van der Waals surface area contributed by atoms with E-state index in [1.54, 1.807) is 0 Å². The van der Waals surface area contributed by atoms with Gasteiger partial charge in [-0.05, 0) is 107 Å². The van der Waals surface area contributed by atoms with Gasteiger partial charge in [0.25, 0.3) is 0 Å². The van der Waals surface area contributed by atoms with Gasteiger partial charge >= 0.3 is 0 Å². The lowest BCUT2D eigenvalue weighted by Gasteiger charge is -2.42. The Morgan fingerprint density at radius 2 is 1.15 bits per heavy atom. The van der Waals surface area contributed by atoms with Gasteiger partial charge in [-0.15, -0.1) is 0 Å². The van der Waals surface area contributed by atoms with Gasteiger partial charge in [-0.2, -0.15) is 0 Å². The Morgan fingerprint density at radius 1 is 0.519 bits per heavy atom. The Hall–Kier alpha value is -6.65. The van der Waals surface area contributed by atoms with E-state index in [1.807, 2.05) is 0 Å². The van der Waals surface area contributed by atoms with E-state index < -0.39 is 0 Å². The summed E-state index contributed by atoms with van der Waals surface area (Å²) in [7, 11) is 0. The van der Waals surface area contributed by atoms with Gasteiger partial charge in [0.1, 0.15) is 5.65 Å². The predicted molar refractivity (Wildman–Crippen MR) is 217 cm³/mol. The molecule has 4 heteroatoms. The normalized spacial score (nSPS) is 13.3. The number of aromatic nitrogens is 2. The largest absolute Gasteiger partial charge is 0.311 e. The maximum absolute atomic E-state index is 5.08. The molecule has 3 heterocycles. The van der Waals surface area contributed by atoms with Gasteiger partial charge in [-0.25, -0.2) is 4.98 Å². The number of hydrogen-bond acceptors (Lipinski definition) is 3. The number of rotatable bonds is 5. The fraction of sp³-hybridized carbons (Fsp3) is 0.0625. The van der Waals surface area contributed by atoms with E-state index in [0.717, 1.165) is 44.8 Å². The average Bonchev–Trinajstić information content (AvgIpc) is 3.58. The molecule has 0 N–H and O–H groups in total. The van der Waals surface area contributed by atoms with E-state index in [4.69, 9.17) is 4.98 Å². The number of pyridine rings is 1. The second-order valence-electron chi connectivity index (χ2n) is 14.1. The van der Waals surface area contributed by atoms with Crippen molar-refractivity contribution < 1.29 is 0 Å². The quantitative estimate of drug-likeness (QED) is 0.182. The zero-order valence-corrected chi connectivity index (χ0v) is 29.1. The van der Waals surface area contributed by atoms with Crippen LogP contribution in [0.3, 0.4) is 0 Å². The first kappa shape index (κ1) is 30.2. The smallest absolute Gasteiger partial charge is 0.145 e. The summed E-state index contributed by atoms with van der Waals surface area (Å²) in [5, 5.41) is 2.35. The Labute approximate surface area is 303 Å². The average molecular weight is 669 g/mol. The molecule has 0 aliphatic carbocycles. The van der Waals surface area contributed by atoms with E-state index in [0.29, 0.717) is 0 Å². The molecule has 248 valence electrons. The molecule has 0 saturated carbocycles. The fourth-order valence-electron chi connectivity index (χ4n) is 8.13. The fourth-order valence-corrected chi connectivity index (χ4v) is 8.13. The molecular weight excluding hydrogens is 633 g/mol. The van der Waals surface area contributed by atoms with Crippen molar-refractivity contribution in [2.45, 2.75) is 19.3 Å². The van der Waals surface area contributed by atoms with Gasteiger partial charge in [0.2, 0.25) is 0 Å². The molecule has 0 fully saturated rings. The number of fused-ring (bicyclic) bond motifs is 7. The molecule has 0 unspecified atom stereocenters. The summed E-state index contributed by atoms with van der Waals surface area (Å²) in [5.41, 5.74) is 14.8. The van der Waals surface area contributed by atoms with Crippen molar-refractivity contribution in [2.75, 3.05) is 9.80 Å². The number of nitrogens with zero attached hydrogens (tertiary/aromatic N) is 4. The highest BCUT2D eigenvalue weighted by Gasteiger charge is 2.37. The minimum absolute atomic E-state index is 0.206. The maximum Gasteiger partial charge on any atom is 0.145 e. The summed E-state index contributed by atoms with van der Waals surface area (Å²) in [6.45, 7) is 4.70. The number of hydrogen-bond donors (Lipinski definition) is 0. The van der Waals surface area contributed by atoms with Crippen molar-refractivity contribution in [3.63, 3.8) is 0 Å². The summed E-state index contributed by atoms with van der Waals surface area (Å²) in [6.07, 6.45) is 2.15. The lowest BCUT2D eigenvalue weighted by Crippen LogP contribution is -2.30. The van der Waals surface area contributed by atoms with Crippen LogP contribution in [0.2, 0.25) is 0 Å². The van der Waals surface area contributed by atoms with E-state index >= 15 is 0 Å². The minimum Gasteiger partial charge on any atom is -0.311 e. The molecule has 0 atom stereocenters. The summed E-state index contributed by atoms with van der Waals surface area (Å²) >= 11 is 0. The summed E-state index contributed by atoms with van der Waals surface area (Å²) in [4.78, 5) is 9.81. The van der Waals surface area contributed by atoms with Gasteiger partial charge in [-0.1, -0.05) is 111 Å². The SMILES string of the molecule is CC1(C)c2ccccc2N(c2ccc3nc4c5ccccc5ccn4c3c2)c2ccc(-c3ccc(N(c4ccccc4)c4ccccc4)cc3)cc21. The predicted octanol–water partition coefficient (Wildman–Crippen LogP) is 12.9. The van der Waals surface area contributed by atoms with Crippen LogP contribution in [-0.4, -0.2) is 9.38 Å². The molecule has 52 heavy (non-hydrogen) atoms. The highest BCUT2D eigenvalue weighted by Crippen LogP contribution is 2.53. The van der Waals surface area contributed by atoms with Gasteiger partial charge < -0.3 is 9.80 Å². The third-order valence-electron chi connectivity index (χ3n) is 10.8. The van der Waals surface area contributed by atoms with Crippen molar-refractivity contribution in [3.8, 4) is 11.1 Å². The second-order valence-corrected chi connectivity index (χ2v) is 14.1. The van der Waals surface area contributed by atoms with Crippen molar-refractivity contribution in [1.82, 2.24) is 9.38 Å². The van der Waals surface area contributed by atoms with E-state index in [-0.39, 0.29) is 5.41 Å². The van der Waals surface area contributed by atoms with Crippen molar-refractivity contribution in [3.05, 3.63) is 193 Å². The summed E-state index contributed by atoms with van der Waals surface area (Å²) < 4.78 is 2.23. The monoisotopic (exact) mass is 668 g/mol. The van der Waals surface area contributed by atoms with Crippen LogP contribution in [0.4, 0.5) is 34.1 Å². The number of benzene rings is 7. The molecule has 1 aliphatic heterocycles. The van der Waals surface area contributed by atoms with Crippen LogP contribution in [0.5, 0.6) is 0 Å². The molecular formula is C48H36N4. The van der Waals surface area contributed by atoms with Crippen LogP contribution >= 0.6 is 0 Å². The summed E-state index contributed by atoms with van der Waals surface area (Å²) in [6, 6.07) is 63.2. The zero-order valence-electron chi connectivity index (χ0n) is 29.1. The van der Waals surface area contributed by atoms with Gasteiger partial charge in [0, 0.05) is 39.7 Å². The molecule has 0 amide bonds. The van der Waals surface area contributed by atoms with Crippen LogP contribution in [-0.2, 0) is 5.41 Å². The van der Waals surface area contributed by atoms with Gasteiger partial charge in [0.15, 0.2) is 0 Å². The third-order valence-corrected chi connectivity index (χ3v) is 10.8. The first-order valence-corrected chi connectivity index (χ1v) is 17.9. The lowest BCUT2D eigenvalue weighted by molar-refractivity contribution is 0.632. The molecule has 7 aromatic carbocycles. The zero-order chi connectivity index (χ0) is 34.8. The molecule has 0 radical (unpaired) electrons. The van der Waals surface area contributed by atoms with Crippen LogP contribution in [0.15, 0.2) is 182 Å². The molecule has 2 aromatic heterocycles.